The third-order valence-electron chi connectivity index (χ3n) is 0.942. The van der Waals surface area contributed by atoms with Gasteiger partial charge in [-0.05, 0) is 9.05 Å². The Morgan fingerprint density at radius 2 is 1.00 bits per heavy atom. The molecule has 2 aliphatic rings. The van der Waals surface area contributed by atoms with Gasteiger partial charge < -0.3 is 0 Å². The second-order valence-electron chi connectivity index (χ2n) is 1.68. The van der Waals surface area contributed by atoms with Crippen molar-refractivity contribution in [3.8, 4) is 0 Å². The molecule has 0 aromatic heterocycles. The number of hydrazine groups is 3. The van der Waals surface area contributed by atoms with E-state index >= 15 is 0 Å². The lowest BCUT2D eigenvalue weighted by atomic mass is 12.4. The molecule has 0 bridgehead atoms. The van der Waals surface area contributed by atoms with Crippen LogP contribution in [0.25, 0.3) is 0 Å². The molecule has 2 heterocycles. The van der Waals surface area contributed by atoms with Crippen LogP contribution in [0.3, 0.4) is 0 Å². The number of nitrogens with one attached hydrogen (secondary N) is 2. The fraction of sp³-hybridized carbons (Fsp3) is 0. The van der Waals surface area contributed by atoms with E-state index < -0.39 is 20.4 Å². The maximum atomic E-state index is 10.3. The molecule has 0 saturated carbocycles. The Morgan fingerprint density at radius 3 is 1.10 bits per heavy atom. The summed E-state index contributed by atoms with van der Waals surface area (Å²) >= 11 is 0. The molecular formula is H2N4O4S2. The van der Waals surface area contributed by atoms with Crippen molar-refractivity contribution in [3.63, 3.8) is 0 Å². The van der Waals surface area contributed by atoms with E-state index in [1.807, 2.05) is 9.66 Å². The van der Waals surface area contributed by atoms with E-state index in [9.17, 15) is 16.8 Å². The third kappa shape index (κ3) is 0.744. The molecule has 0 aromatic carbocycles. The van der Waals surface area contributed by atoms with Gasteiger partial charge in [-0.1, -0.05) is 0 Å². The first-order valence-corrected chi connectivity index (χ1v) is 4.97. The van der Waals surface area contributed by atoms with Crippen molar-refractivity contribution >= 4 is 20.4 Å². The Morgan fingerprint density at radius 1 is 0.800 bits per heavy atom. The van der Waals surface area contributed by atoms with Crippen LogP contribution in [0.4, 0.5) is 0 Å². The van der Waals surface area contributed by atoms with Gasteiger partial charge in [0.2, 0.25) is 0 Å². The molecule has 2 saturated heterocycles. The van der Waals surface area contributed by atoms with Gasteiger partial charge in [0.05, 0.1) is 0 Å². The minimum absolute atomic E-state index is 0.475. The lowest BCUT2D eigenvalue weighted by Gasteiger charge is -1.78. The summed E-state index contributed by atoms with van der Waals surface area (Å²) in [7, 11) is -7.00. The summed E-state index contributed by atoms with van der Waals surface area (Å²) in [6, 6.07) is 0. The molecule has 2 N–H and O–H groups in total. The van der Waals surface area contributed by atoms with Crippen LogP contribution >= 0.6 is 0 Å². The van der Waals surface area contributed by atoms with E-state index in [1.165, 1.54) is 0 Å². The van der Waals surface area contributed by atoms with Gasteiger partial charge in [-0.25, -0.2) is 0 Å². The molecule has 58 valence electrons. The summed E-state index contributed by atoms with van der Waals surface area (Å²) in [5.41, 5.74) is 0. The molecule has 0 amide bonds. The highest BCUT2D eigenvalue weighted by Gasteiger charge is 2.59. The highest BCUT2D eigenvalue weighted by molar-refractivity contribution is 7.96. The van der Waals surface area contributed by atoms with Crippen LogP contribution in [-0.2, 0) is 20.4 Å². The van der Waals surface area contributed by atoms with E-state index in [-0.39, 0.29) is 0 Å². The number of hydrogen-bond acceptors (Lipinski definition) is 4. The Kier molecular flexibility index (Phi) is 0.867. The normalized spacial score (nSPS) is 46.4. The first kappa shape index (κ1) is 6.45. The minimum atomic E-state index is -3.50. The Balaban J connectivity index is 2.24. The van der Waals surface area contributed by atoms with Crippen molar-refractivity contribution in [2.45, 2.75) is 0 Å². The molecule has 2 unspecified atom stereocenters. The maximum absolute atomic E-state index is 10.3. The highest BCUT2D eigenvalue weighted by Crippen LogP contribution is 2.23. The predicted octanol–water partition coefficient (Wildman–Crippen LogP) is -2.97. The molecule has 0 spiro atoms. The average Bonchev–Trinajstić information content (AvgIpc) is 2.49. The Bertz CT molecular complexity index is 324. The first-order valence-electron chi connectivity index (χ1n) is 2.09. The van der Waals surface area contributed by atoms with Crippen LogP contribution < -0.4 is 9.66 Å². The summed E-state index contributed by atoms with van der Waals surface area (Å²) in [5, 5.41) is 0. The molecule has 8 nitrogen and oxygen atoms in total. The maximum Gasteiger partial charge on any atom is 0.324 e. The van der Waals surface area contributed by atoms with Gasteiger partial charge >= 0.3 is 20.4 Å². The standard InChI is InChI=1S/H2N4O4S2/c5-9(6)1-3(9)4-2-10(4,7)8/h1-2H. The largest absolute Gasteiger partial charge is 0.324 e. The molecule has 2 rings (SSSR count). The molecule has 0 aromatic rings. The van der Waals surface area contributed by atoms with E-state index in [0.717, 1.165) is 0 Å². The van der Waals surface area contributed by atoms with E-state index in [1.54, 1.807) is 0 Å². The van der Waals surface area contributed by atoms with E-state index in [2.05, 4.69) is 0 Å². The van der Waals surface area contributed by atoms with E-state index in [0.29, 0.717) is 9.05 Å². The average molecular weight is 186 g/mol. The summed E-state index contributed by atoms with van der Waals surface area (Å²) < 4.78 is 42.2. The topological polar surface area (TPSA) is 118 Å². The van der Waals surface area contributed by atoms with Crippen LogP contribution in [0.1, 0.15) is 0 Å². The fourth-order valence-electron chi connectivity index (χ4n) is 0.433. The van der Waals surface area contributed by atoms with Crippen molar-refractivity contribution < 1.29 is 16.8 Å². The number of hydrogen-bond donors (Lipinski definition) is 2. The lowest BCUT2D eigenvalue weighted by molar-refractivity contribution is 0.266. The fourth-order valence-corrected chi connectivity index (χ4v) is 2.39. The Labute approximate surface area is 56.7 Å². The lowest BCUT2D eigenvalue weighted by Crippen LogP contribution is -2.12. The zero-order chi connectivity index (χ0) is 7.57. The number of nitrogens with zero attached hydrogens (tertiary/aromatic N) is 2. The zero-order valence-corrected chi connectivity index (χ0v) is 5.98. The molecule has 10 heavy (non-hydrogen) atoms. The quantitative estimate of drug-likeness (QED) is 0.425. The van der Waals surface area contributed by atoms with Crippen LogP contribution in [-0.4, -0.2) is 25.9 Å². The van der Waals surface area contributed by atoms with Crippen molar-refractivity contribution in [2.75, 3.05) is 0 Å². The van der Waals surface area contributed by atoms with Gasteiger partial charge in [0.1, 0.15) is 0 Å². The smallest absolute Gasteiger partial charge is 0.191 e. The van der Waals surface area contributed by atoms with Gasteiger partial charge in [0.15, 0.2) is 0 Å². The second kappa shape index (κ2) is 1.34. The predicted molar refractivity (Wildman–Crippen MR) is 27.8 cm³/mol. The summed E-state index contributed by atoms with van der Waals surface area (Å²) in [5.74, 6) is 0. The highest BCUT2D eigenvalue weighted by atomic mass is 32.2. The number of rotatable bonds is 1. The van der Waals surface area contributed by atoms with Crippen molar-refractivity contribution in [3.05, 3.63) is 0 Å². The van der Waals surface area contributed by atoms with Crippen molar-refractivity contribution in [1.82, 2.24) is 18.7 Å². The Hall–Kier alpha value is -0.260. The summed E-state index contributed by atoms with van der Waals surface area (Å²) in [6.07, 6.45) is 0. The van der Waals surface area contributed by atoms with Crippen molar-refractivity contribution in [1.29, 1.82) is 0 Å². The van der Waals surface area contributed by atoms with Gasteiger partial charge in [0, 0.05) is 0 Å². The molecule has 2 aliphatic heterocycles. The summed E-state index contributed by atoms with van der Waals surface area (Å²) in [6.45, 7) is 0. The van der Waals surface area contributed by atoms with Gasteiger partial charge in [-0.15, -0.1) is 9.66 Å². The van der Waals surface area contributed by atoms with Crippen LogP contribution in [0.15, 0.2) is 0 Å². The molecule has 0 aliphatic carbocycles. The van der Waals surface area contributed by atoms with Crippen molar-refractivity contribution in [2.24, 2.45) is 0 Å². The molecule has 2 atom stereocenters. The molecule has 0 radical (unpaired) electrons. The van der Waals surface area contributed by atoms with Gasteiger partial charge in [0.25, 0.3) is 0 Å². The first-order chi connectivity index (χ1) is 4.43. The minimum Gasteiger partial charge on any atom is -0.191 e. The monoisotopic (exact) mass is 186 g/mol. The molecule has 10 heteroatoms. The van der Waals surface area contributed by atoms with Gasteiger partial charge in [-0.2, -0.15) is 16.8 Å². The summed E-state index contributed by atoms with van der Waals surface area (Å²) in [4.78, 5) is 3.63. The molecule has 2 fully saturated rings. The molecular weight excluding hydrogens is 184 g/mol. The second-order valence-corrected chi connectivity index (χ2v) is 4.64. The van der Waals surface area contributed by atoms with E-state index in [4.69, 9.17) is 0 Å². The van der Waals surface area contributed by atoms with Crippen LogP contribution in [0.2, 0.25) is 0 Å². The van der Waals surface area contributed by atoms with Gasteiger partial charge in [-0.3, -0.25) is 0 Å². The third-order valence-corrected chi connectivity index (χ3v) is 2.93. The SMILES string of the molecule is O=S1(=O)NN1N1NS1(=O)=O. The zero-order valence-electron chi connectivity index (χ0n) is 4.34. The van der Waals surface area contributed by atoms with Crippen LogP contribution in [0, 0.1) is 0 Å². The van der Waals surface area contributed by atoms with Crippen LogP contribution in [0.5, 0.6) is 0 Å².